The first-order valence-corrected chi connectivity index (χ1v) is 12.1. The SMILES string of the molecule is COC(=O)CN(Cc1ccc(Cl)cc1)C(=O)C1CCN(S(=O)(=O)c2cccs2)CC1. The van der Waals surface area contributed by atoms with Crippen LogP contribution < -0.4 is 0 Å². The maximum atomic E-state index is 13.1. The average Bonchev–Trinajstić information content (AvgIpc) is 3.30. The molecule has 0 saturated carbocycles. The number of rotatable bonds is 7. The highest BCUT2D eigenvalue weighted by Gasteiger charge is 2.34. The molecule has 0 unspecified atom stereocenters. The smallest absolute Gasteiger partial charge is 0.325 e. The van der Waals surface area contributed by atoms with Crippen LogP contribution in [0.5, 0.6) is 0 Å². The Morgan fingerprint density at radius 2 is 1.87 bits per heavy atom. The summed E-state index contributed by atoms with van der Waals surface area (Å²) in [5.74, 6) is -1.03. The fourth-order valence-electron chi connectivity index (χ4n) is 3.38. The van der Waals surface area contributed by atoms with Crippen LogP contribution in [0.15, 0.2) is 46.0 Å². The van der Waals surface area contributed by atoms with Crippen LogP contribution in [0.25, 0.3) is 0 Å². The monoisotopic (exact) mass is 470 g/mol. The van der Waals surface area contributed by atoms with Crippen molar-refractivity contribution in [1.29, 1.82) is 0 Å². The molecule has 10 heteroatoms. The predicted molar refractivity (Wildman–Crippen MR) is 115 cm³/mol. The first kappa shape index (κ1) is 22.7. The Kier molecular flexibility index (Phi) is 7.51. The highest BCUT2D eigenvalue weighted by molar-refractivity contribution is 7.91. The standard InChI is InChI=1S/C20H23ClN2O5S2/c1-28-18(24)14-22(13-15-4-6-17(21)7-5-15)20(25)16-8-10-23(11-9-16)30(26,27)19-3-2-12-29-19/h2-7,12,16H,8-11,13-14H2,1H3. The van der Waals surface area contributed by atoms with E-state index in [1.165, 1.54) is 27.7 Å². The van der Waals surface area contributed by atoms with Gasteiger partial charge in [-0.25, -0.2) is 8.42 Å². The molecule has 2 heterocycles. The molecule has 1 amide bonds. The van der Waals surface area contributed by atoms with Crippen LogP contribution in [-0.4, -0.2) is 56.2 Å². The lowest BCUT2D eigenvalue weighted by Crippen LogP contribution is -2.45. The van der Waals surface area contributed by atoms with E-state index in [4.69, 9.17) is 16.3 Å². The van der Waals surface area contributed by atoms with Gasteiger partial charge in [-0.2, -0.15) is 4.31 Å². The molecule has 30 heavy (non-hydrogen) atoms. The van der Waals surface area contributed by atoms with Crippen LogP contribution in [0.3, 0.4) is 0 Å². The van der Waals surface area contributed by atoms with Crippen LogP contribution in [0.2, 0.25) is 5.02 Å². The molecule has 1 aliphatic heterocycles. The van der Waals surface area contributed by atoms with Gasteiger partial charge in [-0.05, 0) is 42.0 Å². The van der Waals surface area contributed by atoms with Crippen molar-refractivity contribution in [2.45, 2.75) is 23.6 Å². The van der Waals surface area contributed by atoms with Gasteiger partial charge in [-0.1, -0.05) is 29.8 Å². The molecule has 0 atom stereocenters. The number of benzene rings is 1. The van der Waals surface area contributed by atoms with Gasteiger partial charge >= 0.3 is 5.97 Å². The Labute approximate surface area is 185 Å². The zero-order valence-electron chi connectivity index (χ0n) is 16.5. The summed E-state index contributed by atoms with van der Waals surface area (Å²) in [4.78, 5) is 26.4. The van der Waals surface area contributed by atoms with E-state index in [0.29, 0.717) is 22.1 Å². The second-order valence-electron chi connectivity index (χ2n) is 7.01. The van der Waals surface area contributed by atoms with E-state index in [9.17, 15) is 18.0 Å². The van der Waals surface area contributed by atoms with Crippen LogP contribution in [0, 0.1) is 5.92 Å². The van der Waals surface area contributed by atoms with E-state index in [1.807, 2.05) is 0 Å². The molecule has 1 aromatic carbocycles. The number of ether oxygens (including phenoxy) is 1. The van der Waals surface area contributed by atoms with Crippen molar-refractivity contribution in [2.24, 2.45) is 5.92 Å². The maximum absolute atomic E-state index is 13.1. The van der Waals surface area contributed by atoms with Gasteiger partial charge in [-0.15, -0.1) is 11.3 Å². The average molecular weight is 471 g/mol. The molecule has 0 N–H and O–H groups in total. The van der Waals surface area contributed by atoms with E-state index in [1.54, 1.807) is 41.8 Å². The number of amides is 1. The molecule has 0 spiro atoms. The number of hydrogen-bond donors (Lipinski definition) is 0. The number of sulfonamides is 1. The van der Waals surface area contributed by atoms with Crippen molar-refractivity contribution in [1.82, 2.24) is 9.21 Å². The van der Waals surface area contributed by atoms with Gasteiger partial charge in [-0.3, -0.25) is 9.59 Å². The molecule has 0 radical (unpaired) electrons. The summed E-state index contributed by atoms with van der Waals surface area (Å²) in [6.07, 6.45) is 0.809. The summed E-state index contributed by atoms with van der Waals surface area (Å²) in [6.45, 7) is 0.623. The predicted octanol–water partition coefficient (Wildman–Crippen LogP) is 3.00. The summed E-state index contributed by atoms with van der Waals surface area (Å²) in [5, 5.41) is 2.31. The Hall–Kier alpha value is -1.94. The maximum Gasteiger partial charge on any atom is 0.325 e. The quantitative estimate of drug-likeness (QED) is 0.581. The fourth-order valence-corrected chi connectivity index (χ4v) is 6.12. The van der Waals surface area contributed by atoms with Gasteiger partial charge in [0, 0.05) is 30.6 Å². The molecule has 1 aliphatic rings. The van der Waals surface area contributed by atoms with E-state index in [0.717, 1.165) is 5.56 Å². The molecule has 1 saturated heterocycles. The molecule has 1 fully saturated rings. The van der Waals surface area contributed by atoms with Crippen molar-refractivity contribution in [3.63, 3.8) is 0 Å². The van der Waals surface area contributed by atoms with Gasteiger partial charge < -0.3 is 9.64 Å². The molecule has 0 aliphatic carbocycles. The zero-order valence-corrected chi connectivity index (χ0v) is 18.9. The van der Waals surface area contributed by atoms with E-state index < -0.39 is 16.0 Å². The first-order valence-electron chi connectivity index (χ1n) is 9.45. The third-order valence-electron chi connectivity index (χ3n) is 5.04. The summed E-state index contributed by atoms with van der Waals surface area (Å²) in [6, 6.07) is 10.3. The van der Waals surface area contributed by atoms with Crippen molar-refractivity contribution in [3.05, 3.63) is 52.4 Å². The molecule has 0 bridgehead atoms. The van der Waals surface area contributed by atoms with Crippen LogP contribution in [-0.2, 0) is 30.9 Å². The van der Waals surface area contributed by atoms with Gasteiger partial charge in [0.15, 0.2) is 0 Å². The number of hydrogen-bond acceptors (Lipinski definition) is 6. The summed E-state index contributed by atoms with van der Waals surface area (Å²) in [5.41, 5.74) is 0.842. The van der Waals surface area contributed by atoms with Gasteiger partial charge in [0.05, 0.1) is 7.11 Å². The van der Waals surface area contributed by atoms with Crippen molar-refractivity contribution in [2.75, 3.05) is 26.7 Å². The van der Waals surface area contributed by atoms with Crippen LogP contribution >= 0.6 is 22.9 Å². The number of esters is 1. The lowest BCUT2D eigenvalue weighted by molar-refractivity contribution is -0.149. The number of piperidine rings is 1. The Balaban J connectivity index is 1.67. The number of halogens is 1. The topological polar surface area (TPSA) is 84.0 Å². The largest absolute Gasteiger partial charge is 0.468 e. The Morgan fingerprint density at radius 3 is 2.43 bits per heavy atom. The summed E-state index contributed by atoms with van der Waals surface area (Å²) >= 11 is 7.10. The number of carbonyl (C=O) groups excluding carboxylic acids is 2. The van der Waals surface area contributed by atoms with Gasteiger partial charge in [0.1, 0.15) is 10.8 Å². The molecule has 162 valence electrons. The van der Waals surface area contributed by atoms with Crippen LogP contribution in [0.1, 0.15) is 18.4 Å². The Bertz CT molecular complexity index is 969. The number of carbonyl (C=O) groups is 2. The Morgan fingerprint density at radius 1 is 1.20 bits per heavy atom. The molecule has 1 aromatic heterocycles. The molecule has 7 nitrogen and oxygen atoms in total. The van der Waals surface area contributed by atoms with Crippen LogP contribution in [0.4, 0.5) is 0 Å². The highest BCUT2D eigenvalue weighted by Crippen LogP contribution is 2.27. The second kappa shape index (κ2) is 9.91. The van der Waals surface area contributed by atoms with Crippen molar-refractivity contribution in [3.8, 4) is 0 Å². The number of nitrogens with zero attached hydrogens (tertiary/aromatic N) is 2. The molecule has 3 rings (SSSR count). The zero-order chi connectivity index (χ0) is 21.7. The second-order valence-corrected chi connectivity index (χ2v) is 10.6. The third kappa shape index (κ3) is 5.40. The number of thiophene rings is 1. The molecule has 2 aromatic rings. The van der Waals surface area contributed by atoms with Crippen molar-refractivity contribution >= 4 is 44.8 Å². The summed E-state index contributed by atoms with van der Waals surface area (Å²) in [7, 11) is -2.24. The normalized spacial score (nSPS) is 15.7. The van der Waals surface area contributed by atoms with E-state index in [-0.39, 0.29) is 38.0 Å². The third-order valence-corrected chi connectivity index (χ3v) is 8.56. The summed E-state index contributed by atoms with van der Waals surface area (Å²) < 4.78 is 31.8. The minimum absolute atomic E-state index is 0.161. The fraction of sp³-hybridized carbons (Fsp3) is 0.400. The minimum Gasteiger partial charge on any atom is -0.468 e. The lowest BCUT2D eigenvalue weighted by atomic mass is 9.96. The van der Waals surface area contributed by atoms with E-state index >= 15 is 0 Å². The van der Waals surface area contributed by atoms with Crippen molar-refractivity contribution < 1.29 is 22.7 Å². The minimum atomic E-state index is -3.52. The van der Waals surface area contributed by atoms with Gasteiger partial charge in [0.25, 0.3) is 10.0 Å². The first-order chi connectivity index (χ1) is 14.3. The molecular weight excluding hydrogens is 448 g/mol. The molecular formula is C20H23ClN2O5S2. The van der Waals surface area contributed by atoms with E-state index in [2.05, 4.69) is 0 Å². The highest BCUT2D eigenvalue weighted by atomic mass is 35.5. The number of methoxy groups -OCH3 is 1. The van der Waals surface area contributed by atoms with Gasteiger partial charge in [0.2, 0.25) is 5.91 Å². The lowest BCUT2D eigenvalue weighted by Gasteiger charge is -2.33.